The minimum atomic E-state index is -0.0763. The molecule has 2 heteroatoms. The molecule has 0 radical (unpaired) electrons. The number of rotatable bonds is 4. The first kappa shape index (κ1) is 23.7. The summed E-state index contributed by atoms with van der Waals surface area (Å²) < 4.78 is 0. The van der Waals surface area contributed by atoms with Crippen molar-refractivity contribution in [2.75, 3.05) is 0 Å². The Bertz CT molecular complexity index is 662. The third kappa shape index (κ3) is 4.12. The van der Waals surface area contributed by atoms with Gasteiger partial charge >= 0.3 is 0 Å². The van der Waals surface area contributed by atoms with Gasteiger partial charge in [-0.25, -0.2) is 0 Å². The van der Waals surface area contributed by atoms with E-state index in [4.69, 9.17) is 0 Å². The average molecular weight is 445 g/mol. The van der Waals surface area contributed by atoms with Crippen molar-refractivity contribution in [1.82, 2.24) is 0 Å². The molecule has 0 spiro atoms. The molecule has 0 aliphatic heterocycles. The molecular weight excluding hydrogens is 392 g/mol. The van der Waals surface area contributed by atoms with Gasteiger partial charge in [-0.15, -0.1) is 0 Å². The first-order valence-electron chi connectivity index (χ1n) is 14.5. The van der Waals surface area contributed by atoms with E-state index in [1.807, 2.05) is 0 Å². The van der Waals surface area contributed by atoms with Crippen molar-refractivity contribution in [3.8, 4) is 0 Å². The van der Waals surface area contributed by atoms with Crippen LogP contribution in [-0.2, 0) is 0 Å². The monoisotopic (exact) mass is 444 g/mol. The molecule has 0 aromatic rings. The minimum Gasteiger partial charge on any atom is -0.393 e. The molecule has 9 atom stereocenters. The van der Waals surface area contributed by atoms with Gasteiger partial charge in [0.25, 0.3) is 0 Å². The van der Waals surface area contributed by atoms with Crippen LogP contribution in [0.4, 0.5) is 0 Å². The second-order valence-electron chi connectivity index (χ2n) is 14.6. The maximum Gasteiger partial charge on any atom is 0.0545 e. The Balaban J connectivity index is 1.21. The van der Waals surface area contributed by atoms with Gasteiger partial charge in [-0.3, -0.25) is 0 Å². The van der Waals surface area contributed by atoms with Crippen molar-refractivity contribution in [1.29, 1.82) is 0 Å². The normalized spacial score (nSPS) is 49.7. The van der Waals surface area contributed by atoms with Crippen LogP contribution in [0.15, 0.2) is 0 Å². The summed E-state index contributed by atoms with van der Waals surface area (Å²) in [7, 11) is 0. The molecule has 5 fully saturated rings. The van der Waals surface area contributed by atoms with Crippen LogP contribution in [-0.4, -0.2) is 22.4 Å². The molecule has 32 heavy (non-hydrogen) atoms. The van der Waals surface area contributed by atoms with Crippen molar-refractivity contribution < 1.29 is 10.2 Å². The van der Waals surface area contributed by atoms with Crippen LogP contribution in [0, 0.1) is 51.8 Å². The van der Waals surface area contributed by atoms with Crippen molar-refractivity contribution >= 4 is 0 Å². The molecule has 5 aliphatic rings. The summed E-state index contributed by atoms with van der Waals surface area (Å²) in [5.41, 5.74) is 1.47. The molecule has 0 bridgehead atoms. The summed E-state index contributed by atoms with van der Waals surface area (Å²) in [6.45, 7) is 10.1. The van der Waals surface area contributed by atoms with Gasteiger partial charge in [0.1, 0.15) is 0 Å². The zero-order valence-corrected chi connectivity index (χ0v) is 21.6. The molecule has 2 N–H and O–H groups in total. The molecule has 2 nitrogen and oxygen atoms in total. The van der Waals surface area contributed by atoms with Crippen molar-refractivity contribution in [3.63, 3.8) is 0 Å². The highest BCUT2D eigenvalue weighted by Crippen LogP contribution is 2.68. The highest BCUT2D eigenvalue weighted by molar-refractivity contribution is 5.09. The molecule has 5 saturated carbocycles. The van der Waals surface area contributed by atoms with Crippen LogP contribution in [0.25, 0.3) is 0 Å². The van der Waals surface area contributed by atoms with E-state index in [0.29, 0.717) is 16.2 Å². The highest BCUT2D eigenvalue weighted by Gasteiger charge is 2.60. The molecule has 0 aromatic heterocycles. The number of hydrogen-bond acceptors (Lipinski definition) is 2. The lowest BCUT2D eigenvalue weighted by Crippen LogP contribution is -2.54. The Morgan fingerprint density at radius 2 is 1.41 bits per heavy atom. The smallest absolute Gasteiger partial charge is 0.0545 e. The third-order valence-corrected chi connectivity index (χ3v) is 12.5. The van der Waals surface area contributed by atoms with E-state index in [2.05, 4.69) is 27.7 Å². The van der Waals surface area contributed by atoms with Gasteiger partial charge in [0.2, 0.25) is 0 Å². The van der Waals surface area contributed by atoms with Crippen LogP contribution < -0.4 is 0 Å². The van der Waals surface area contributed by atoms with Gasteiger partial charge in [-0.2, -0.15) is 0 Å². The fraction of sp³-hybridized carbons (Fsp3) is 1.00. The number of fused-ring (bicyclic) bond motifs is 5. The number of hydrogen-bond donors (Lipinski definition) is 2. The molecule has 0 amide bonds. The lowest BCUT2D eigenvalue weighted by molar-refractivity contribution is -0.128. The van der Waals surface area contributed by atoms with Crippen LogP contribution in [0.3, 0.4) is 0 Å². The van der Waals surface area contributed by atoms with Crippen molar-refractivity contribution in [2.24, 2.45) is 51.8 Å². The lowest BCUT2D eigenvalue weighted by atomic mass is 9.44. The van der Waals surface area contributed by atoms with E-state index >= 15 is 0 Å². The molecular formula is C30H52O2. The SMILES string of the molecule is CC1(C)CCC(CC(O)C[C@H]2CCC3C4CCC5CC(O)CC[C@]5(C)C4CCC32C)CC1. The van der Waals surface area contributed by atoms with E-state index in [0.717, 1.165) is 61.2 Å². The molecule has 0 heterocycles. The number of aliphatic hydroxyl groups excluding tert-OH is 2. The molecule has 5 aliphatic carbocycles. The highest BCUT2D eigenvalue weighted by atomic mass is 16.3. The van der Waals surface area contributed by atoms with E-state index in [1.165, 1.54) is 70.6 Å². The Morgan fingerprint density at radius 1 is 0.719 bits per heavy atom. The average Bonchev–Trinajstić information content (AvgIpc) is 3.06. The Hall–Kier alpha value is -0.0800. The van der Waals surface area contributed by atoms with E-state index in [1.54, 1.807) is 0 Å². The summed E-state index contributed by atoms with van der Waals surface area (Å²) in [5, 5.41) is 21.4. The predicted molar refractivity (Wildman–Crippen MR) is 132 cm³/mol. The topological polar surface area (TPSA) is 40.5 Å². The van der Waals surface area contributed by atoms with Gasteiger partial charge in [-0.05, 0) is 148 Å². The van der Waals surface area contributed by atoms with Gasteiger partial charge in [0, 0.05) is 0 Å². The fourth-order valence-corrected chi connectivity index (χ4v) is 10.2. The predicted octanol–water partition coefficient (Wildman–Crippen LogP) is 7.36. The summed E-state index contributed by atoms with van der Waals surface area (Å²) in [4.78, 5) is 0. The zero-order valence-electron chi connectivity index (χ0n) is 21.6. The Kier molecular flexibility index (Phi) is 6.31. The summed E-state index contributed by atoms with van der Waals surface area (Å²) in [6.07, 6.45) is 19.0. The van der Waals surface area contributed by atoms with Crippen LogP contribution in [0.5, 0.6) is 0 Å². The fourth-order valence-electron chi connectivity index (χ4n) is 10.2. The van der Waals surface area contributed by atoms with Crippen LogP contribution in [0.1, 0.15) is 124 Å². The third-order valence-electron chi connectivity index (χ3n) is 12.5. The van der Waals surface area contributed by atoms with E-state index in [9.17, 15) is 10.2 Å². The largest absolute Gasteiger partial charge is 0.393 e. The zero-order chi connectivity index (χ0) is 22.7. The Labute approximate surface area is 198 Å². The second kappa shape index (κ2) is 8.54. The van der Waals surface area contributed by atoms with Gasteiger partial charge in [0.15, 0.2) is 0 Å². The van der Waals surface area contributed by atoms with Crippen LogP contribution >= 0.6 is 0 Å². The van der Waals surface area contributed by atoms with Crippen molar-refractivity contribution in [3.05, 3.63) is 0 Å². The Morgan fingerprint density at radius 3 is 2.16 bits per heavy atom. The van der Waals surface area contributed by atoms with Gasteiger partial charge in [-0.1, -0.05) is 27.7 Å². The summed E-state index contributed by atoms with van der Waals surface area (Å²) in [5.74, 6) is 4.95. The standard InChI is InChI=1S/C30H52O2/c1-28(2)13-9-20(10-14-28)17-24(32)19-22-6-8-26-25-7-5-21-18-23(31)11-15-29(21,3)27(25)12-16-30(22,26)4/h20-27,31-32H,5-19H2,1-4H3/t21?,22-,23?,24?,25?,26?,27?,29+,30?/m1/s1. The first-order chi connectivity index (χ1) is 15.1. The maximum atomic E-state index is 11.1. The number of aliphatic hydroxyl groups is 2. The quantitative estimate of drug-likeness (QED) is 0.475. The lowest BCUT2D eigenvalue weighted by Gasteiger charge is -2.61. The summed E-state index contributed by atoms with van der Waals surface area (Å²) in [6, 6.07) is 0. The molecule has 7 unspecified atom stereocenters. The summed E-state index contributed by atoms with van der Waals surface area (Å²) >= 11 is 0. The van der Waals surface area contributed by atoms with Crippen LogP contribution in [0.2, 0.25) is 0 Å². The minimum absolute atomic E-state index is 0.0360. The van der Waals surface area contributed by atoms with Crippen molar-refractivity contribution in [2.45, 2.75) is 136 Å². The molecule has 184 valence electrons. The second-order valence-corrected chi connectivity index (χ2v) is 14.6. The molecule has 0 aromatic carbocycles. The van der Waals surface area contributed by atoms with E-state index in [-0.39, 0.29) is 12.2 Å². The molecule has 5 rings (SSSR count). The maximum absolute atomic E-state index is 11.1. The molecule has 0 saturated heterocycles. The van der Waals surface area contributed by atoms with Gasteiger partial charge < -0.3 is 10.2 Å². The van der Waals surface area contributed by atoms with Gasteiger partial charge in [0.05, 0.1) is 12.2 Å². The first-order valence-corrected chi connectivity index (χ1v) is 14.5. The van der Waals surface area contributed by atoms with E-state index < -0.39 is 0 Å².